The van der Waals surface area contributed by atoms with Gasteiger partial charge in [0.15, 0.2) is 0 Å². The smallest absolute Gasteiger partial charge is 0.300 e. The number of ether oxygens (including phenoxy) is 1. The second-order valence-corrected chi connectivity index (χ2v) is 6.98. The van der Waals surface area contributed by atoms with Gasteiger partial charge >= 0.3 is 0 Å². The number of hydrogen-bond acceptors (Lipinski definition) is 5. The SMILES string of the molecule is CCOc1ccc(/C(O)=C2\C(=O)C(=O)N(c3ccc(F)cc3F)C2c2ccccn2)cc1. The lowest BCUT2D eigenvalue weighted by atomic mass is 9.98. The molecule has 162 valence electrons. The predicted molar refractivity (Wildman–Crippen MR) is 113 cm³/mol. The standard InChI is InChI=1S/C24H18F2N2O4/c1-2-32-16-9-6-14(7-10-16)22(29)20-21(18-5-3-4-12-27-18)28(24(31)23(20)30)19-11-8-15(25)13-17(19)26/h3-13,21,29H,2H2,1H3/b22-20+. The van der Waals surface area contributed by atoms with Crippen molar-refractivity contribution in [1.82, 2.24) is 4.98 Å². The van der Waals surface area contributed by atoms with Crippen molar-refractivity contribution in [2.45, 2.75) is 13.0 Å². The molecule has 1 aliphatic heterocycles. The van der Waals surface area contributed by atoms with E-state index in [9.17, 15) is 23.5 Å². The van der Waals surface area contributed by atoms with Crippen LogP contribution >= 0.6 is 0 Å². The van der Waals surface area contributed by atoms with Crippen LogP contribution < -0.4 is 9.64 Å². The number of benzene rings is 2. The minimum absolute atomic E-state index is 0.239. The normalized spacial score (nSPS) is 17.6. The van der Waals surface area contributed by atoms with Gasteiger partial charge in [-0.25, -0.2) is 8.78 Å². The number of aromatic nitrogens is 1. The number of anilines is 1. The van der Waals surface area contributed by atoms with Gasteiger partial charge in [0.1, 0.15) is 29.2 Å². The molecule has 3 aromatic rings. The van der Waals surface area contributed by atoms with Crippen LogP contribution in [0.1, 0.15) is 24.2 Å². The molecule has 1 saturated heterocycles. The van der Waals surface area contributed by atoms with Gasteiger partial charge in [-0.2, -0.15) is 0 Å². The minimum Gasteiger partial charge on any atom is -0.507 e. The molecule has 1 N–H and O–H groups in total. The summed E-state index contributed by atoms with van der Waals surface area (Å²) in [6, 6.07) is 12.6. The summed E-state index contributed by atoms with van der Waals surface area (Å²) in [5.74, 6) is -3.78. The molecule has 1 fully saturated rings. The fraction of sp³-hybridized carbons (Fsp3) is 0.125. The van der Waals surface area contributed by atoms with E-state index < -0.39 is 35.1 Å². The quantitative estimate of drug-likeness (QED) is 0.365. The van der Waals surface area contributed by atoms with Crippen molar-refractivity contribution >= 4 is 23.1 Å². The number of carbonyl (C=O) groups excluding carboxylic acids is 2. The Kier molecular flexibility index (Phi) is 5.68. The van der Waals surface area contributed by atoms with E-state index in [1.807, 2.05) is 6.92 Å². The fourth-order valence-electron chi connectivity index (χ4n) is 3.61. The van der Waals surface area contributed by atoms with Gasteiger partial charge in [0.2, 0.25) is 0 Å². The van der Waals surface area contributed by atoms with E-state index in [1.165, 1.54) is 6.20 Å². The van der Waals surface area contributed by atoms with Crippen LogP contribution in [0.5, 0.6) is 5.75 Å². The van der Waals surface area contributed by atoms with Gasteiger partial charge in [-0.3, -0.25) is 19.5 Å². The second kappa shape index (κ2) is 8.58. The number of nitrogens with zero attached hydrogens (tertiary/aromatic N) is 2. The molecule has 1 unspecified atom stereocenters. The molecule has 1 aromatic heterocycles. The van der Waals surface area contributed by atoms with Gasteiger partial charge in [-0.1, -0.05) is 6.07 Å². The predicted octanol–water partition coefficient (Wildman–Crippen LogP) is 4.38. The van der Waals surface area contributed by atoms with E-state index in [4.69, 9.17) is 4.74 Å². The molecule has 1 atom stereocenters. The molecule has 0 aliphatic carbocycles. The Morgan fingerprint density at radius 3 is 2.47 bits per heavy atom. The highest BCUT2D eigenvalue weighted by atomic mass is 19.1. The molecule has 1 aliphatic rings. The van der Waals surface area contributed by atoms with Crippen LogP contribution in [0.2, 0.25) is 0 Å². The van der Waals surface area contributed by atoms with E-state index in [1.54, 1.807) is 42.5 Å². The van der Waals surface area contributed by atoms with Gasteiger partial charge < -0.3 is 9.84 Å². The number of hydrogen-bond donors (Lipinski definition) is 1. The number of pyridine rings is 1. The lowest BCUT2D eigenvalue weighted by Crippen LogP contribution is -2.30. The third kappa shape index (κ3) is 3.71. The van der Waals surface area contributed by atoms with Crippen LogP contribution in [0.4, 0.5) is 14.5 Å². The minimum atomic E-state index is -1.21. The number of rotatable bonds is 5. The van der Waals surface area contributed by atoms with E-state index in [2.05, 4.69) is 4.98 Å². The molecule has 2 aromatic carbocycles. The van der Waals surface area contributed by atoms with Crippen LogP contribution in [0.3, 0.4) is 0 Å². The summed E-state index contributed by atoms with van der Waals surface area (Å²) in [7, 11) is 0. The number of Topliss-reactive ketones (excluding diaryl/α,β-unsaturated/α-hetero) is 1. The molecule has 1 amide bonds. The number of aliphatic hydroxyl groups is 1. The first-order valence-corrected chi connectivity index (χ1v) is 9.82. The van der Waals surface area contributed by atoms with Crippen molar-refractivity contribution in [3.8, 4) is 5.75 Å². The molecule has 0 radical (unpaired) electrons. The summed E-state index contributed by atoms with van der Waals surface area (Å²) in [5.41, 5.74) is -0.0358. The van der Waals surface area contributed by atoms with Gasteiger partial charge in [-0.15, -0.1) is 0 Å². The topological polar surface area (TPSA) is 79.7 Å². The molecule has 6 nitrogen and oxygen atoms in total. The maximum Gasteiger partial charge on any atom is 0.300 e. The van der Waals surface area contributed by atoms with Crippen molar-refractivity contribution in [2.24, 2.45) is 0 Å². The lowest BCUT2D eigenvalue weighted by molar-refractivity contribution is -0.132. The Morgan fingerprint density at radius 2 is 1.84 bits per heavy atom. The Hall–Kier alpha value is -4.07. The molecular formula is C24H18F2N2O4. The number of carbonyl (C=O) groups is 2. The van der Waals surface area contributed by atoms with Gasteiger partial charge in [0.25, 0.3) is 11.7 Å². The number of aliphatic hydroxyl groups excluding tert-OH is 1. The van der Waals surface area contributed by atoms with Crippen LogP contribution in [0.15, 0.2) is 72.4 Å². The summed E-state index contributed by atoms with van der Waals surface area (Å²) in [6.45, 7) is 2.29. The average molecular weight is 436 g/mol. The zero-order chi connectivity index (χ0) is 22.8. The van der Waals surface area contributed by atoms with E-state index in [0.717, 1.165) is 17.0 Å². The highest BCUT2D eigenvalue weighted by molar-refractivity contribution is 6.51. The summed E-state index contributed by atoms with van der Waals surface area (Å²) in [5, 5.41) is 11.0. The molecule has 32 heavy (non-hydrogen) atoms. The summed E-state index contributed by atoms with van der Waals surface area (Å²) in [4.78, 5) is 31.0. The largest absolute Gasteiger partial charge is 0.507 e. The Bertz CT molecular complexity index is 1210. The molecular weight excluding hydrogens is 418 g/mol. The van der Waals surface area contributed by atoms with Gasteiger partial charge in [0, 0.05) is 17.8 Å². The van der Waals surface area contributed by atoms with E-state index in [0.29, 0.717) is 18.4 Å². The van der Waals surface area contributed by atoms with E-state index in [-0.39, 0.29) is 22.5 Å². The van der Waals surface area contributed by atoms with Crippen LogP contribution in [0, 0.1) is 11.6 Å². The van der Waals surface area contributed by atoms with Crippen LogP contribution in [0.25, 0.3) is 5.76 Å². The maximum absolute atomic E-state index is 14.6. The molecule has 8 heteroatoms. The molecule has 0 spiro atoms. The second-order valence-electron chi connectivity index (χ2n) is 6.98. The number of amides is 1. The summed E-state index contributed by atoms with van der Waals surface area (Å²) < 4.78 is 33.4. The summed E-state index contributed by atoms with van der Waals surface area (Å²) >= 11 is 0. The molecule has 0 bridgehead atoms. The van der Waals surface area contributed by atoms with Gasteiger partial charge in [0.05, 0.1) is 23.6 Å². The highest BCUT2D eigenvalue weighted by Gasteiger charge is 2.48. The zero-order valence-corrected chi connectivity index (χ0v) is 17.0. The molecule has 2 heterocycles. The van der Waals surface area contributed by atoms with E-state index >= 15 is 0 Å². The Balaban J connectivity index is 1.90. The first-order valence-electron chi connectivity index (χ1n) is 9.82. The average Bonchev–Trinajstić information content (AvgIpc) is 3.05. The first kappa shape index (κ1) is 21.2. The lowest BCUT2D eigenvalue weighted by Gasteiger charge is -2.25. The van der Waals surface area contributed by atoms with Crippen molar-refractivity contribution in [3.63, 3.8) is 0 Å². The van der Waals surface area contributed by atoms with Crippen molar-refractivity contribution in [1.29, 1.82) is 0 Å². The number of ketones is 1. The van der Waals surface area contributed by atoms with Crippen LogP contribution in [-0.2, 0) is 9.59 Å². The Morgan fingerprint density at radius 1 is 1.09 bits per heavy atom. The van der Waals surface area contributed by atoms with Crippen LogP contribution in [-0.4, -0.2) is 28.4 Å². The fourth-order valence-corrected chi connectivity index (χ4v) is 3.61. The monoisotopic (exact) mass is 436 g/mol. The highest BCUT2D eigenvalue weighted by Crippen LogP contribution is 2.42. The third-order valence-electron chi connectivity index (χ3n) is 5.02. The molecule has 0 saturated carbocycles. The van der Waals surface area contributed by atoms with Crippen molar-refractivity contribution < 1.29 is 28.2 Å². The third-order valence-corrected chi connectivity index (χ3v) is 5.02. The number of halogens is 2. The van der Waals surface area contributed by atoms with Gasteiger partial charge in [-0.05, 0) is 55.5 Å². The Labute approximate surface area is 182 Å². The summed E-state index contributed by atoms with van der Waals surface area (Å²) in [6.07, 6.45) is 1.45. The zero-order valence-electron chi connectivity index (χ0n) is 17.0. The first-order chi connectivity index (χ1) is 15.4. The van der Waals surface area contributed by atoms with Crippen molar-refractivity contribution in [3.05, 3.63) is 95.3 Å². The maximum atomic E-state index is 14.6. The molecule has 4 rings (SSSR count). The van der Waals surface area contributed by atoms with Crippen molar-refractivity contribution in [2.75, 3.05) is 11.5 Å².